The second-order valence-corrected chi connectivity index (χ2v) is 8.51. The van der Waals surface area contributed by atoms with Gasteiger partial charge in [-0.3, -0.25) is 4.79 Å². The summed E-state index contributed by atoms with van der Waals surface area (Å²) in [5.74, 6) is 1.04. The van der Waals surface area contributed by atoms with E-state index in [4.69, 9.17) is 0 Å². The average molecular weight is 367 g/mol. The number of rotatable bonds is 4. The summed E-state index contributed by atoms with van der Waals surface area (Å²) < 4.78 is 0. The first-order valence-electron chi connectivity index (χ1n) is 9.65. The number of aryl methyl sites for hydroxylation is 1. The average Bonchev–Trinajstić information content (AvgIpc) is 2.64. The van der Waals surface area contributed by atoms with Crippen molar-refractivity contribution in [3.63, 3.8) is 0 Å². The summed E-state index contributed by atoms with van der Waals surface area (Å²) in [6, 6.07) is 8.91. The molecular weight excluding hydrogens is 338 g/mol. The lowest BCUT2D eigenvalue weighted by molar-refractivity contribution is 0.111. The zero-order chi connectivity index (χ0) is 19.6. The van der Waals surface area contributed by atoms with E-state index in [-0.39, 0.29) is 16.9 Å². The summed E-state index contributed by atoms with van der Waals surface area (Å²) >= 11 is 0. The number of carbonyl (C=O) groups excluding carboxylic acids is 1. The Kier molecular flexibility index (Phi) is 5.49. The Balaban J connectivity index is 1.61. The van der Waals surface area contributed by atoms with Gasteiger partial charge in [0, 0.05) is 25.2 Å². The van der Waals surface area contributed by atoms with E-state index in [0.717, 1.165) is 32.4 Å². The standard InChI is InChI=1S/C22H29N3O2/c1-15-21(27)19(14-26)24-20(23-15)13-16-9-11-25(12-10-16)18-7-5-17(6-8-18)22(2,3)4/h5-8,14,16,27H,9-13H2,1-4H3. The van der Waals surface area contributed by atoms with Crippen LogP contribution in [0.4, 0.5) is 5.69 Å². The lowest BCUT2D eigenvalue weighted by Crippen LogP contribution is -2.34. The second kappa shape index (κ2) is 7.67. The van der Waals surface area contributed by atoms with Crippen molar-refractivity contribution in [3.05, 3.63) is 47.0 Å². The maximum atomic E-state index is 11.1. The molecule has 1 aromatic carbocycles. The molecule has 1 fully saturated rings. The summed E-state index contributed by atoms with van der Waals surface area (Å²) in [6.45, 7) is 10.4. The largest absolute Gasteiger partial charge is 0.504 e. The highest BCUT2D eigenvalue weighted by molar-refractivity contribution is 5.76. The molecule has 0 radical (unpaired) electrons. The molecule has 0 saturated carbocycles. The van der Waals surface area contributed by atoms with Gasteiger partial charge in [0.25, 0.3) is 0 Å². The minimum atomic E-state index is -0.109. The van der Waals surface area contributed by atoms with Crippen molar-refractivity contribution in [3.8, 4) is 5.75 Å². The molecule has 0 unspecified atom stereocenters. The molecule has 1 aliphatic rings. The fourth-order valence-electron chi connectivity index (χ4n) is 3.65. The van der Waals surface area contributed by atoms with Gasteiger partial charge in [0.15, 0.2) is 12.0 Å². The van der Waals surface area contributed by atoms with E-state index in [1.807, 2.05) is 0 Å². The number of hydrogen-bond donors (Lipinski definition) is 1. The number of piperidine rings is 1. The maximum absolute atomic E-state index is 11.1. The highest BCUT2D eigenvalue weighted by atomic mass is 16.3. The van der Waals surface area contributed by atoms with Crippen LogP contribution in [-0.2, 0) is 11.8 Å². The molecule has 0 amide bonds. The van der Waals surface area contributed by atoms with Gasteiger partial charge < -0.3 is 10.0 Å². The molecule has 0 bridgehead atoms. The van der Waals surface area contributed by atoms with Gasteiger partial charge in [-0.1, -0.05) is 32.9 Å². The third kappa shape index (κ3) is 4.46. The van der Waals surface area contributed by atoms with E-state index >= 15 is 0 Å². The van der Waals surface area contributed by atoms with E-state index in [2.05, 4.69) is 59.9 Å². The van der Waals surface area contributed by atoms with Crippen molar-refractivity contribution in [2.75, 3.05) is 18.0 Å². The van der Waals surface area contributed by atoms with Crippen LogP contribution in [0.15, 0.2) is 24.3 Å². The molecule has 27 heavy (non-hydrogen) atoms. The summed E-state index contributed by atoms with van der Waals surface area (Å²) in [4.78, 5) is 22.1. The Labute approximate surface area is 161 Å². The van der Waals surface area contributed by atoms with Crippen molar-refractivity contribution in [2.24, 2.45) is 5.92 Å². The topological polar surface area (TPSA) is 66.3 Å². The number of nitrogens with zero attached hydrogens (tertiary/aromatic N) is 3. The molecule has 0 atom stereocenters. The van der Waals surface area contributed by atoms with Gasteiger partial charge >= 0.3 is 0 Å². The molecule has 2 aromatic rings. The Morgan fingerprint density at radius 1 is 1.15 bits per heavy atom. The van der Waals surface area contributed by atoms with Gasteiger partial charge in [0.1, 0.15) is 11.5 Å². The number of carbonyl (C=O) groups is 1. The minimum absolute atomic E-state index is 0.0916. The first-order valence-corrected chi connectivity index (χ1v) is 9.65. The quantitative estimate of drug-likeness (QED) is 0.826. The summed E-state index contributed by atoms with van der Waals surface area (Å²) in [6.07, 6.45) is 3.48. The molecule has 1 aliphatic heterocycles. The van der Waals surface area contributed by atoms with Crippen molar-refractivity contribution in [1.82, 2.24) is 9.97 Å². The predicted octanol–water partition coefficient (Wildman–Crippen LogP) is 4.06. The van der Waals surface area contributed by atoms with Gasteiger partial charge in [-0.25, -0.2) is 9.97 Å². The van der Waals surface area contributed by atoms with Gasteiger partial charge in [-0.15, -0.1) is 0 Å². The number of aldehydes is 1. The van der Waals surface area contributed by atoms with Crippen LogP contribution in [0.3, 0.4) is 0 Å². The lowest BCUT2D eigenvalue weighted by Gasteiger charge is -2.34. The van der Waals surface area contributed by atoms with Crippen LogP contribution in [0.1, 0.15) is 61.2 Å². The predicted molar refractivity (Wildman–Crippen MR) is 108 cm³/mol. The molecule has 1 N–H and O–H groups in total. The normalized spacial score (nSPS) is 15.8. The van der Waals surface area contributed by atoms with Gasteiger partial charge in [0.2, 0.25) is 0 Å². The lowest BCUT2D eigenvalue weighted by atomic mass is 9.87. The molecule has 1 saturated heterocycles. The summed E-state index contributed by atoms with van der Waals surface area (Å²) in [5.41, 5.74) is 3.37. The van der Waals surface area contributed by atoms with Crippen LogP contribution in [0.5, 0.6) is 5.75 Å². The van der Waals surface area contributed by atoms with E-state index < -0.39 is 0 Å². The molecule has 2 heterocycles. The molecular formula is C22H29N3O2. The highest BCUT2D eigenvalue weighted by Crippen LogP contribution is 2.28. The number of aromatic hydroxyl groups is 1. The number of hydrogen-bond acceptors (Lipinski definition) is 5. The summed E-state index contributed by atoms with van der Waals surface area (Å²) in [7, 11) is 0. The first kappa shape index (κ1) is 19.3. The molecule has 5 nitrogen and oxygen atoms in total. The van der Waals surface area contributed by atoms with Crippen LogP contribution < -0.4 is 4.90 Å². The highest BCUT2D eigenvalue weighted by Gasteiger charge is 2.22. The number of anilines is 1. The zero-order valence-electron chi connectivity index (χ0n) is 16.7. The number of aromatic nitrogens is 2. The van der Waals surface area contributed by atoms with Crippen molar-refractivity contribution in [2.45, 2.75) is 52.4 Å². The first-order chi connectivity index (χ1) is 12.8. The van der Waals surface area contributed by atoms with Crippen molar-refractivity contribution >= 4 is 12.0 Å². The third-order valence-corrected chi connectivity index (χ3v) is 5.43. The third-order valence-electron chi connectivity index (χ3n) is 5.43. The Hall–Kier alpha value is -2.43. The van der Waals surface area contributed by atoms with Crippen LogP contribution in [-0.4, -0.2) is 34.5 Å². The summed E-state index contributed by atoms with van der Waals surface area (Å²) in [5, 5.41) is 9.80. The molecule has 5 heteroatoms. The van der Waals surface area contributed by atoms with Crippen molar-refractivity contribution in [1.29, 1.82) is 0 Å². The van der Waals surface area contributed by atoms with Gasteiger partial charge in [-0.2, -0.15) is 0 Å². The molecule has 144 valence electrons. The monoisotopic (exact) mass is 367 g/mol. The molecule has 0 spiro atoms. The molecule has 0 aliphatic carbocycles. The van der Waals surface area contributed by atoms with E-state index in [0.29, 0.717) is 23.7 Å². The fraction of sp³-hybridized carbons (Fsp3) is 0.500. The minimum Gasteiger partial charge on any atom is -0.504 e. The molecule has 1 aromatic heterocycles. The van der Waals surface area contributed by atoms with Crippen molar-refractivity contribution < 1.29 is 9.90 Å². The fourth-order valence-corrected chi connectivity index (χ4v) is 3.65. The van der Waals surface area contributed by atoms with Crippen LogP contribution in [0, 0.1) is 12.8 Å². The van der Waals surface area contributed by atoms with Crippen LogP contribution in [0.25, 0.3) is 0 Å². The SMILES string of the molecule is Cc1nc(CC2CCN(c3ccc(C(C)(C)C)cc3)CC2)nc(C=O)c1O. The van der Waals surface area contributed by atoms with Crippen LogP contribution in [0.2, 0.25) is 0 Å². The zero-order valence-corrected chi connectivity index (χ0v) is 16.7. The maximum Gasteiger partial charge on any atom is 0.172 e. The smallest absolute Gasteiger partial charge is 0.172 e. The second-order valence-electron chi connectivity index (χ2n) is 8.51. The molecule has 3 rings (SSSR count). The Morgan fingerprint density at radius 3 is 2.33 bits per heavy atom. The van der Waals surface area contributed by atoms with E-state index in [1.165, 1.54) is 11.3 Å². The Bertz CT molecular complexity index is 802. The number of benzene rings is 1. The van der Waals surface area contributed by atoms with Gasteiger partial charge in [-0.05, 0) is 48.8 Å². The van der Waals surface area contributed by atoms with Gasteiger partial charge in [0.05, 0.1) is 5.69 Å². The van der Waals surface area contributed by atoms with E-state index in [1.54, 1.807) is 6.92 Å². The van der Waals surface area contributed by atoms with Crippen LogP contribution >= 0.6 is 0 Å². The Morgan fingerprint density at radius 2 is 1.78 bits per heavy atom. The van der Waals surface area contributed by atoms with E-state index in [9.17, 15) is 9.90 Å².